The Bertz CT molecular complexity index is 1050. The highest BCUT2D eigenvalue weighted by atomic mass is 32.1. The van der Waals surface area contributed by atoms with Gasteiger partial charge in [0.15, 0.2) is 5.76 Å². The molecule has 0 bridgehead atoms. The Kier molecular flexibility index (Phi) is 6.32. The van der Waals surface area contributed by atoms with E-state index < -0.39 is 0 Å². The molecule has 32 heavy (non-hydrogen) atoms. The third-order valence-corrected chi connectivity index (χ3v) is 7.87. The molecule has 1 aromatic carbocycles. The van der Waals surface area contributed by atoms with Gasteiger partial charge in [-0.3, -0.25) is 9.69 Å². The summed E-state index contributed by atoms with van der Waals surface area (Å²) in [6.07, 6.45) is 9.86. The van der Waals surface area contributed by atoms with Crippen molar-refractivity contribution in [2.75, 3.05) is 25.5 Å². The second-order valence-corrected chi connectivity index (χ2v) is 9.76. The van der Waals surface area contributed by atoms with Crippen LogP contribution < -0.4 is 10.1 Å². The van der Waals surface area contributed by atoms with Crippen molar-refractivity contribution in [2.45, 2.75) is 51.0 Å². The lowest BCUT2D eigenvalue weighted by Gasteiger charge is -2.36. The number of hydrogen-bond acceptors (Lipinski definition) is 5. The molecule has 2 aromatic heterocycles. The van der Waals surface area contributed by atoms with E-state index >= 15 is 0 Å². The minimum atomic E-state index is -0.179. The minimum absolute atomic E-state index is 0.131. The van der Waals surface area contributed by atoms with Gasteiger partial charge in [0, 0.05) is 10.4 Å². The molecule has 0 saturated carbocycles. The van der Waals surface area contributed by atoms with E-state index in [4.69, 9.17) is 9.15 Å². The molecular formula is C26H30N2O3S. The summed E-state index contributed by atoms with van der Waals surface area (Å²) in [5, 5.41) is 4.19. The molecular weight excluding hydrogens is 420 g/mol. The van der Waals surface area contributed by atoms with E-state index in [1.54, 1.807) is 36.8 Å². The van der Waals surface area contributed by atoms with E-state index in [0.717, 1.165) is 36.7 Å². The molecule has 3 aromatic rings. The highest BCUT2D eigenvalue weighted by Gasteiger charge is 2.33. The lowest BCUT2D eigenvalue weighted by molar-refractivity contribution is 0.0996. The maximum atomic E-state index is 12.9. The number of rotatable bonds is 6. The van der Waals surface area contributed by atoms with Gasteiger partial charge in [-0.25, -0.2) is 0 Å². The number of carbonyl (C=O) groups excluding carboxylic acids is 1. The first kappa shape index (κ1) is 21.3. The van der Waals surface area contributed by atoms with E-state index in [0.29, 0.717) is 5.76 Å². The molecule has 1 atom stereocenters. The number of nitrogens with one attached hydrogen (secondary N) is 1. The highest BCUT2D eigenvalue weighted by molar-refractivity contribution is 7.16. The van der Waals surface area contributed by atoms with Gasteiger partial charge in [0.2, 0.25) is 0 Å². The molecule has 1 fully saturated rings. The van der Waals surface area contributed by atoms with Gasteiger partial charge in [0.05, 0.1) is 19.4 Å². The quantitative estimate of drug-likeness (QED) is 0.496. The van der Waals surface area contributed by atoms with Crippen molar-refractivity contribution in [1.82, 2.24) is 4.90 Å². The fourth-order valence-corrected chi connectivity index (χ4v) is 6.38. The monoisotopic (exact) mass is 450 g/mol. The summed E-state index contributed by atoms with van der Waals surface area (Å²) in [4.78, 5) is 17.0. The molecule has 3 heterocycles. The Morgan fingerprint density at radius 2 is 1.84 bits per heavy atom. The zero-order valence-corrected chi connectivity index (χ0v) is 19.4. The van der Waals surface area contributed by atoms with Crippen molar-refractivity contribution in [3.05, 3.63) is 70.0 Å². The normalized spacial score (nSPS) is 17.5. The summed E-state index contributed by atoms with van der Waals surface area (Å²) < 4.78 is 10.8. The predicted molar refractivity (Wildman–Crippen MR) is 128 cm³/mol. The zero-order valence-electron chi connectivity index (χ0n) is 18.6. The number of hydrogen-bond donors (Lipinski definition) is 1. The molecule has 1 N–H and O–H groups in total. The number of fused-ring (bicyclic) bond motifs is 1. The van der Waals surface area contributed by atoms with Crippen molar-refractivity contribution in [3.63, 3.8) is 0 Å². The van der Waals surface area contributed by atoms with E-state index in [-0.39, 0.29) is 11.9 Å². The summed E-state index contributed by atoms with van der Waals surface area (Å²) in [5.74, 6) is 1.04. The Hall–Kier alpha value is -2.57. The van der Waals surface area contributed by atoms with Gasteiger partial charge in [-0.1, -0.05) is 18.6 Å². The number of piperidine rings is 1. The fraction of sp³-hybridized carbons (Fsp3) is 0.423. The predicted octanol–water partition coefficient (Wildman–Crippen LogP) is 6.06. The van der Waals surface area contributed by atoms with Crippen LogP contribution in [0.2, 0.25) is 0 Å². The first-order chi connectivity index (χ1) is 15.7. The van der Waals surface area contributed by atoms with Gasteiger partial charge in [0.25, 0.3) is 5.91 Å². The van der Waals surface area contributed by atoms with Crippen molar-refractivity contribution in [3.8, 4) is 5.75 Å². The Balaban J connectivity index is 1.60. The van der Waals surface area contributed by atoms with Crippen LogP contribution in [0.15, 0.2) is 47.1 Å². The van der Waals surface area contributed by atoms with Crippen LogP contribution >= 0.6 is 11.3 Å². The van der Waals surface area contributed by atoms with E-state index in [1.807, 2.05) is 12.1 Å². The van der Waals surface area contributed by atoms with Gasteiger partial charge in [-0.05, 0) is 87.0 Å². The minimum Gasteiger partial charge on any atom is -0.497 e. The average Bonchev–Trinajstić information content (AvgIpc) is 3.50. The number of furan rings is 1. The zero-order chi connectivity index (χ0) is 21.9. The molecule has 1 aliphatic heterocycles. The van der Waals surface area contributed by atoms with Crippen LogP contribution in [0, 0.1) is 0 Å². The Labute approximate surface area is 193 Å². The second-order valence-electron chi connectivity index (χ2n) is 8.66. The van der Waals surface area contributed by atoms with Crippen LogP contribution in [-0.4, -0.2) is 31.0 Å². The van der Waals surface area contributed by atoms with Crippen molar-refractivity contribution in [1.29, 1.82) is 0 Å². The van der Waals surface area contributed by atoms with Gasteiger partial charge in [0.1, 0.15) is 10.8 Å². The molecule has 2 aliphatic rings. The number of anilines is 1. The fourth-order valence-electron chi connectivity index (χ4n) is 5.07. The maximum Gasteiger partial charge on any atom is 0.291 e. The number of thiophene rings is 1. The summed E-state index contributed by atoms with van der Waals surface area (Å²) in [6, 6.07) is 12.1. The molecule has 168 valence electrons. The van der Waals surface area contributed by atoms with E-state index in [1.165, 1.54) is 53.7 Å². The molecule has 1 aliphatic carbocycles. The SMILES string of the molecule is COc1ccc([C@@H](c2c(NC(=O)c3ccco3)sc3c2CCCC3)N2CCCCC2)cc1. The number of aryl methyl sites for hydroxylation is 1. The van der Waals surface area contributed by atoms with Crippen molar-refractivity contribution < 1.29 is 13.9 Å². The lowest BCUT2D eigenvalue weighted by Crippen LogP contribution is -2.35. The number of methoxy groups -OCH3 is 1. The molecule has 0 spiro atoms. The number of nitrogens with zero attached hydrogens (tertiary/aromatic N) is 1. The van der Waals surface area contributed by atoms with Crippen LogP contribution in [0.25, 0.3) is 0 Å². The summed E-state index contributed by atoms with van der Waals surface area (Å²) in [7, 11) is 1.70. The van der Waals surface area contributed by atoms with Gasteiger partial charge >= 0.3 is 0 Å². The molecule has 1 saturated heterocycles. The molecule has 5 rings (SSSR count). The number of carbonyl (C=O) groups is 1. The first-order valence-electron chi connectivity index (χ1n) is 11.6. The van der Waals surface area contributed by atoms with Crippen LogP contribution in [0.4, 0.5) is 5.00 Å². The Morgan fingerprint density at radius 1 is 1.06 bits per heavy atom. The number of ether oxygens (including phenoxy) is 1. The number of amides is 1. The van der Waals surface area contributed by atoms with Crippen LogP contribution in [0.3, 0.4) is 0 Å². The smallest absolute Gasteiger partial charge is 0.291 e. The van der Waals surface area contributed by atoms with E-state index in [2.05, 4.69) is 22.3 Å². The van der Waals surface area contributed by atoms with Gasteiger partial charge in [-0.15, -0.1) is 11.3 Å². The Morgan fingerprint density at radius 3 is 2.56 bits per heavy atom. The van der Waals surface area contributed by atoms with Crippen LogP contribution in [0.1, 0.15) is 70.3 Å². The second kappa shape index (κ2) is 9.51. The number of benzene rings is 1. The number of likely N-dealkylation sites (tertiary alicyclic amines) is 1. The van der Waals surface area contributed by atoms with E-state index in [9.17, 15) is 4.79 Å². The summed E-state index contributed by atoms with van der Waals surface area (Å²) in [5.41, 5.74) is 3.99. The highest BCUT2D eigenvalue weighted by Crippen LogP contribution is 2.46. The molecule has 0 radical (unpaired) electrons. The van der Waals surface area contributed by atoms with Gasteiger partial charge in [-0.2, -0.15) is 0 Å². The summed E-state index contributed by atoms with van der Waals surface area (Å²) >= 11 is 1.76. The van der Waals surface area contributed by atoms with Crippen LogP contribution in [-0.2, 0) is 12.8 Å². The molecule has 5 nitrogen and oxygen atoms in total. The third-order valence-electron chi connectivity index (χ3n) is 6.65. The maximum absolute atomic E-state index is 12.9. The molecule has 0 unspecified atom stereocenters. The lowest BCUT2D eigenvalue weighted by atomic mass is 9.88. The summed E-state index contributed by atoms with van der Waals surface area (Å²) in [6.45, 7) is 2.15. The van der Waals surface area contributed by atoms with Crippen molar-refractivity contribution >= 4 is 22.2 Å². The molecule has 6 heteroatoms. The van der Waals surface area contributed by atoms with Gasteiger partial charge < -0.3 is 14.5 Å². The average molecular weight is 451 g/mol. The first-order valence-corrected chi connectivity index (χ1v) is 12.4. The van der Waals surface area contributed by atoms with Crippen molar-refractivity contribution in [2.24, 2.45) is 0 Å². The third kappa shape index (κ3) is 4.21. The van der Waals surface area contributed by atoms with Crippen LogP contribution in [0.5, 0.6) is 5.75 Å². The largest absolute Gasteiger partial charge is 0.497 e. The molecule has 1 amide bonds. The topological polar surface area (TPSA) is 54.7 Å². The standard InChI is InChI=1S/C26H30N2O3S/c1-30-19-13-11-18(12-14-19)24(28-15-5-2-6-16-28)23-20-8-3-4-10-22(20)32-26(23)27-25(29)21-9-7-17-31-21/h7,9,11-14,17,24H,2-6,8,10,15-16H2,1H3,(H,27,29)/t24-/m0/s1.